The van der Waals surface area contributed by atoms with Gasteiger partial charge in [-0.1, -0.05) is 25.5 Å². The zero-order chi connectivity index (χ0) is 17.0. The molecule has 0 spiro atoms. The van der Waals surface area contributed by atoms with Crippen LogP contribution in [0.15, 0.2) is 24.3 Å². The van der Waals surface area contributed by atoms with E-state index in [9.17, 15) is 18.0 Å². The van der Waals surface area contributed by atoms with E-state index in [4.69, 9.17) is 5.73 Å². The van der Waals surface area contributed by atoms with Crippen LogP contribution < -0.4 is 11.1 Å². The van der Waals surface area contributed by atoms with Crippen molar-refractivity contribution < 1.29 is 18.0 Å². The van der Waals surface area contributed by atoms with Gasteiger partial charge in [-0.05, 0) is 44.4 Å². The highest BCUT2D eigenvalue weighted by molar-refractivity contribution is 5.85. The molecule has 6 heteroatoms. The smallest absolute Gasteiger partial charge is 0.352 e. The van der Waals surface area contributed by atoms with Crippen molar-refractivity contribution in [2.45, 2.75) is 57.8 Å². The average molecular weight is 316 g/mol. The second-order valence-electron chi connectivity index (χ2n) is 5.94. The maximum atomic E-state index is 12.5. The highest BCUT2D eigenvalue weighted by atomic mass is 19.4. The topological polar surface area (TPSA) is 55.1 Å². The molecule has 0 saturated carbocycles. The van der Waals surface area contributed by atoms with Crippen molar-refractivity contribution in [3.8, 4) is 0 Å². The summed E-state index contributed by atoms with van der Waals surface area (Å²) in [6, 6.07) is 4.75. The quantitative estimate of drug-likeness (QED) is 0.846. The Hall–Kier alpha value is -1.56. The third kappa shape index (κ3) is 5.33. The SMILES string of the molecule is CCCC(C)(N)C(=O)NC(C)Cc1ccc(C(F)(F)F)cc1. The highest BCUT2D eigenvalue weighted by Gasteiger charge is 2.30. The van der Waals surface area contributed by atoms with Crippen molar-refractivity contribution in [3.63, 3.8) is 0 Å². The van der Waals surface area contributed by atoms with Gasteiger partial charge in [0.15, 0.2) is 0 Å². The molecule has 1 aromatic carbocycles. The summed E-state index contributed by atoms with van der Waals surface area (Å²) in [7, 11) is 0. The van der Waals surface area contributed by atoms with E-state index in [1.165, 1.54) is 12.1 Å². The molecule has 3 N–H and O–H groups in total. The van der Waals surface area contributed by atoms with Crippen molar-refractivity contribution in [1.29, 1.82) is 0 Å². The molecule has 124 valence electrons. The minimum atomic E-state index is -4.33. The van der Waals surface area contributed by atoms with E-state index in [0.29, 0.717) is 12.8 Å². The van der Waals surface area contributed by atoms with E-state index in [0.717, 1.165) is 24.1 Å². The van der Waals surface area contributed by atoms with Crippen LogP contribution in [0, 0.1) is 0 Å². The van der Waals surface area contributed by atoms with Gasteiger partial charge in [0.2, 0.25) is 5.91 Å². The Kier molecular flexibility index (Phi) is 6.00. The van der Waals surface area contributed by atoms with Crippen molar-refractivity contribution >= 4 is 5.91 Å². The molecule has 0 heterocycles. The lowest BCUT2D eigenvalue weighted by molar-refractivity contribution is -0.137. The molecule has 0 aromatic heterocycles. The first-order valence-corrected chi connectivity index (χ1v) is 7.32. The summed E-state index contributed by atoms with van der Waals surface area (Å²) < 4.78 is 37.5. The number of halogens is 3. The zero-order valence-corrected chi connectivity index (χ0v) is 13.1. The molecule has 1 amide bonds. The Morgan fingerprint density at radius 2 is 1.82 bits per heavy atom. The normalized spacial score (nSPS) is 16.0. The second-order valence-corrected chi connectivity index (χ2v) is 5.94. The third-order valence-electron chi connectivity index (χ3n) is 3.49. The van der Waals surface area contributed by atoms with Crippen molar-refractivity contribution in [2.24, 2.45) is 5.73 Å². The first-order chi connectivity index (χ1) is 10.1. The van der Waals surface area contributed by atoms with Gasteiger partial charge in [-0.15, -0.1) is 0 Å². The highest BCUT2D eigenvalue weighted by Crippen LogP contribution is 2.29. The van der Waals surface area contributed by atoms with E-state index < -0.39 is 17.3 Å². The Bertz CT molecular complexity index is 495. The van der Waals surface area contributed by atoms with Gasteiger partial charge in [0.05, 0.1) is 11.1 Å². The van der Waals surface area contributed by atoms with Crippen LogP contribution in [0.1, 0.15) is 44.7 Å². The molecule has 0 aliphatic rings. The lowest BCUT2D eigenvalue weighted by Gasteiger charge is -2.25. The molecule has 0 saturated heterocycles. The van der Waals surface area contributed by atoms with Crippen LogP contribution in [0.2, 0.25) is 0 Å². The van der Waals surface area contributed by atoms with Crippen LogP contribution in [0.3, 0.4) is 0 Å². The molecule has 0 aliphatic heterocycles. The number of carbonyl (C=O) groups excluding carboxylic acids is 1. The van der Waals surface area contributed by atoms with Crippen LogP contribution >= 0.6 is 0 Å². The van der Waals surface area contributed by atoms with Gasteiger partial charge in [0.25, 0.3) is 0 Å². The first-order valence-electron chi connectivity index (χ1n) is 7.32. The summed E-state index contributed by atoms with van der Waals surface area (Å²) in [5, 5.41) is 2.81. The van der Waals surface area contributed by atoms with Gasteiger partial charge in [-0.3, -0.25) is 4.79 Å². The fourth-order valence-electron chi connectivity index (χ4n) is 2.26. The number of carbonyl (C=O) groups is 1. The summed E-state index contributed by atoms with van der Waals surface area (Å²) in [5.41, 5.74) is 5.07. The van der Waals surface area contributed by atoms with E-state index in [1.807, 2.05) is 6.92 Å². The summed E-state index contributed by atoms with van der Waals surface area (Å²) in [4.78, 5) is 12.1. The zero-order valence-electron chi connectivity index (χ0n) is 13.1. The van der Waals surface area contributed by atoms with Crippen molar-refractivity contribution in [2.75, 3.05) is 0 Å². The predicted molar refractivity (Wildman–Crippen MR) is 80.3 cm³/mol. The van der Waals surface area contributed by atoms with Gasteiger partial charge >= 0.3 is 6.18 Å². The minimum Gasteiger partial charge on any atom is -0.352 e. The molecular weight excluding hydrogens is 293 g/mol. The van der Waals surface area contributed by atoms with Crippen LogP contribution in [0.25, 0.3) is 0 Å². The van der Waals surface area contributed by atoms with Gasteiger partial charge in [0, 0.05) is 6.04 Å². The summed E-state index contributed by atoms with van der Waals surface area (Å²) >= 11 is 0. The lowest BCUT2D eigenvalue weighted by atomic mass is 9.95. The van der Waals surface area contributed by atoms with E-state index >= 15 is 0 Å². The number of rotatable bonds is 6. The standard InChI is InChI=1S/C16H23F3N2O/c1-4-9-15(3,20)14(22)21-11(2)10-12-5-7-13(8-6-12)16(17,18)19/h5-8,11H,4,9-10,20H2,1-3H3,(H,21,22). The van der Waals surface area contributed by atoms with E-state index in [1.54, 1.807) is 13.8 Å². The number of nitrogens with one attached hydrogen (secondary N) is 1. The van der Waals surface area contributed by atoms with Gasteiger partial charge in [-0.25, -0.2) is 0 Å². The predicted octanol–water partition coefficient (Wildman–Crippen LogP) is 3.27. The molecule has 22 heavy (non-hydrogen) atoms. The monoisotopic (exact) mass is 316 g/mol. The third-order valence-corrected chi connectivity index (χ3v) is 3.49. The van der Waals surface area contributed by atoms with Crippen molar-refractivity contribution in [3.05, 3.63) is 35.4 Å². The van der Waals surface area contributed by atoms with Crippen molar-refractivity contribution in [1.82, 2.24) is 5.32 Å². The Labute approximate surface area is 129 Å². The van der Waals surface area contributed by atoms with Gasteiger partial charge < -0.3 is 11.1 Å². The molecule has 0 fully saturated rings. The van der Waals surface area contributed by atoms with Crippen LogP contribution in [0.5, 0.6) is 0 Å². The van der Waals surface area contributed by atoms with Gasteiger partial charge in [0.1, 0.15) is 0 Å². The van der Waals surface area contributed by atoms with Crippen LogP contribution in [-0.4, -0.2) is 17.5 Å². The Balaban J connectivity index is 2.62. The van der Waals surface area contributed by atoms with Crippen LogP contribution in [-0.2, 0) is 17.4 Å². The Morgan fingerprint density at radius 3 is 2.27 bits per heavy atom. The maximum Gasteiger partial charge on any atom is 0.416 e. The molecule has 2 unspecified atom stereocenters. The summed E-state index contributed by atoms with van der Waals surface area (Å²) in [6.07, 6.45) is -2.51. The number of nitrogens with two attached hydrogens (primary N) is 1. The van der Waals surface area contributed by atoms with E-state index in [2.05, 4.69) is 5.32 Å². The van der Waals surface area contributed by atoms with Gasteiger partial charge in [-0.2, -0.15) is 13.2 Å². The molecule has 3 nitrogen and oxygen atoms in total. The van der Waals surface area contributed by atoms with E-state index in [-0.39, 0.29) is 11.9 Å². The fourth-order valence-corrected chi connectivity index (χ4v) is 2.26. The molecule has 1 aromatic rings. The minimum absolute atomic E-state index is 0.205. The molecular formula is C16H23F3N2O. The maximum absolute atomic E-state index is 12.5. The molecule has 0 bridgehead atoms. The lowest BCUT2D eigenvalue weighted by Crippen LogP contribution is -2.53. The van der Waals surface area contributed by atoms with Crippen LogP contribution in [0.4, 0.5) is 13.2 Å². The summed E-state index contributed by atoms with van der Waals surface area (Å²) in [6.45, 7) is 5.43. The molecule has 2 atom stereocenters. The first kappa shape index (κ1) is 18.5. The molecule has 0 aliphatic carbocycles. The largest absolute Gasteiger partial charge is 0.416 e. The second kappa shape index (κ2) is 7.13. The summed E-state index contributed by atoms with van der Waals surface area (Å²) in [5.74, 6) is -0.242. The number of amides is 1. The average Bonchev–Trinajstić information content (AvgIpc) is 2.37. The number of hydrogen-bond acceptors (Lipinski definition) is 2. The molecule has 0 radical (unpaired) electrons. The number of hydrogen-bond donors (Lipinski definition) is 2. The Morgan fingerprint density at radius 1 is 1.27 bits per heavy atom. The number of alkyl halides is 3. The number of benzene rings is 1. The fraction of sp³-hybridized carbons (Fsp3) is 0.562. The molecule has 1 rings (SSSR count).